The van der Waals surface area contributed by atoms with E-state index in [0.29, 0.717) is 18.3 Å². The third kappa shape index (κ3) is 2.68. The second-order valence-corrected chi connectivity index (χ2v) is 4.88. The van der Waals surface area contributed by atoms with Gasteiger partial charge in [-0.3, -0.25) is 9.78 Å². The summed E-state index contributed by atoms with van der Waals surface area (Å²) in [5, 5.41) is 0. The van der Waals surface area contributed by atoms with Crippen molar-refractivity contribution in [2.75, 3.05) is 27.2 Å². The van der Waals surface area contributed by atoms with Gasteiger partial charge in [0.15, 0.2) is 0 Å². The summed E-state index contributed by atoms with van der Waals surface area (Å²) in [7, 11) is 3.93. The quantitative estimate of drug-likeness (QED) is 0.836. The largest absolute Gasteiger partial charge is 0.336 e. The number of pyridine rings is 1. The molecule has 98 valence electrons. The highest BCUT2D eigenvalue weighted by molar-refractivity contribution is 5.92. The third-order valence-corrected chi connectivity index (χ3v) is 3.51. The van der Waals surface area contributed by atoms with Crippen molar-refractivity contribution in [2.45, 2.75) is 19.0 Å². The van der Waals surface area contributed by atoms with Crippen LogP contribution in [0.5, 0.6) is 0 Å². The molecule has 0 saturated carbocycles. The lowest BCUT2D eigenvalue weighted by atomic mass is 10.2. The lowest BCUT2D eigenvalue weighted by Crippen LogP contribution is -2.38. The van der Waals surface area contributed by atoms with Crippen molar-refractivity contribution in [3.05, 3.63) is 29.6 Å². The zero-order valence-electron chi connectivity index (χ0n) is 11.0. The van der Waals surface area contributed by atoms with Crippen LogP contribution in [0.3, 0.4) is 0 Å². The van der Waals surface area contributed by atoms with E-state index in [9.17, 15) is 4.79 Å². The van der Waals surface area contributed by atoms with E-state index < -0.39 is 0 Å². The first-order chi connectivity index (χ1) is 8.61. The van der Waals surface area contributed by atoms with Gasteiger partial charge in [0.25, 0.3) is 5.91 Å². The summed E-state index contributed by atoms with van der Waals surface area (Å²) in [5.74, 6) is -0.0149. The molecule has 2 rings (SSSR count). The van der Waals surface area contributed by atoms with Crippen LogP contribution in [0.2, 0.25) is 0 Å². The van der Waals surface area contributed by atoms with Crippen molar-refractivity contribution in [3.8, 4) is 0 Å². The maximum Gasteiger partial charge on any atom is 0.272 e. The first-order valence-corrected chi connectivity index (χ1v) is 6.22. The molecule has 1 aliphatic rings. The number of carbonyl (C=O) groups excluding carboxylic acids is 1. The van der Waals surface area contributed by atoms with Crippen LogP contribution < -0.4 is 5.73 Å². The lowest BCUT2D eigenvalue weighted by molar-refractivity contribution is 0.0731. The zero-order chi connectivity index (χ0) is 13.1. The minimum Gasteiger partial charge on any atom is -0.336 e. The molecule has 1 aromatic rings. The van der Waals surface area contributed by atoms with Crippen LogP contribution in [0, 0.1) is 0 Å². The minimum atomic E-state index is -0.0149. The molecule has 0 bridgehead atoms. The van der Waals surface area contributed by atoms with Gasteiger partial charge < -0.3 is 15.5 Å². The molecule has 1 fully saturated rings. The van der Waals surface area contributed by atoms with E-state index >= 15 is 0 Å². The maximum absolute atomic E-state index is 12.3. The van der Waals surface area contributed by atoms with Crippen LogP contribution in [0.15, 0.2) is 18.3 Å². The van der Waals surface area contributed by atoms with Crippen LogP contribution in [0.1, 0.15) is 22.5 Å². The summed E-state index contributed by atoms with van der Waals surface area (Å²) in [6, 6.07) is 3.90. The molecule has 1 unspecified atom stereocenters. The van der Waals surface area contributed by atoms with Crippen molar-refractivity contribution < 1.29 is 4.79 Å². The summed E-state index contributed by atoms with van der Waals surface area (Å²) >= 11 is 0. The maximum atomic E-state index is 12.3. The molecular formula is C13H20N4O. The van der Waals surface area contributed by atoms with Crippen LogP contribution in [0.25, 0.3) is 0 Å². The van der Waals surface area contributed by atoms with Crippen molar-refractivity contribution in [1.29, 1.82) is 0 Å². The Bertz CT molecular complexity index is 418. The second-order valence-electron chi connectivity index (χ2n) is 4.88. The topological polar surface area (TPSA) is 62.5 Å². The Morgan fingerprint density at radius 1 is 1.61 bits per heavy atom. The summed E-state index contributed by atoms with van der Waals surface area (Å²) in [6.07, 6.45) is 2.70. The molecule has 1 amide bonds. The summed E-state index contributed by atoms with van der Waals surface area (Å²) in [5.41, 5.74) is 6.94. The van der Waals surface area contributed by atoms with E-state index in [1.54, 1.807) is 17.2 Å². The standard InChI is InChI=1S/C13H20N4O/c1-16-6-5-11(9-16)17(2)13(18)12-4-3-10(7-14)8-15-12/h3-4,8,11H,5-7,9,14H2,1-2H3. The number of hydrogen-bond acceptors (Lipinski definition) is 4. The van der Waals surface area contributed by atoms with E-state index in [-0.39, 0.29) is 5.91 Å². The number of hydrogen-bond donors (Lipinski definition) is 1. The smallest absolute Gasteiger partial charge is 0.272 e. The number of nitrogens with zero attached hydrogens (tertiary/aromatic N) is 3. The number of aromatic nitrogens is 1. The van der Waals surface area contributed by atoms with Gasteiger partial charge in [0.05, 0.1) is 0 Å². The highest BCUT2D eigenvalue weighted by atomic mass is 16.2. The second kappa shape index (κ2) is 5.46. The number of amides is 1. The van der Waals surface area contributed by atoms with Gasteiger partial charge >= 0.3 is 0 Å². The van der Waals surface area contributed by atoms with E-state index in [0.717, 1.165) is 25.1 Å². The molecule has 5 nitrogen and oxygen atoms in total. The molecule has 1 aromatic heterocycles. The van der Waals surface area contributed by atoms with Crippen molar-refractivity contribution in [3.63, 3.8) is 0 Å². The number of nitrogens with two attached hydrogens (primary N) is 1. The Balaban J connectivity index is 2.05. The van der Waals surface area contributed by atoms with Gasteiger partial charge in [-0.1, -0.05) is 6.07 Å². The monoisotopic (exact) mass is 248 g/mol. The van der Waals surface area contributed by atoms with Gasteiger partial charge in [-0.05, 0) is 31.6 Å². The molecule has 5 heteroatoms. The average molecular weight is 248 g/mol. The van der Waals surface area contributed by atoms with E-state index in [4.69, 9.17) is 5.73 Å². The average Bonchev–Trinajstić information content (AvgIpc) is 2.84. The lowest BCUT2D eigenvalue weighted by Gasteiger charge is -2.24. The van der Waals surface area contributed by atoms with Crippen molar-refractivity contribution in [2.24, 2.45) is 5.73 Å². The zero-order valence-corrected chi connectivity index (χ0v) is 11.0. The van der Waals surface area contributed by atoms with Gasteiger partial charge in [0.1, 0.15) is 5.69 Å². The van der Waals surface area contributed by atoms with Crippen LogP contribution in [-0.4, -0.2) is 53.9 Å². The van der Waals surface area contributed by atoms with Crippen LogP contribution in [-0.2, 0) is 6.54 Å². The first kappa shape index (κ1) is 13.0. The van der Waals surface area contributed by atoms with Gasteiger partial charge in [-0.25, -0.2) is 0 Å². The van der Waals surface area contributed by atoms with E-state index in [2.05, 4.69) is 16.9 Å². The fraction of sp³-hybridized carbons (Fsp3) is 0.538. The highest BCUT2D eigenvalue weighted by Gasteiger charge is 2.27. The normalized spacial score (nSPS) is 20.1. The fourth-order valence-electron chi connectivity index (χ4n) is 2.25. The van der Waals surface area contributed by atoms with Crippen LogP contribution in [0.4, 0.5) is 0 Å². The molecule has 0 spiro atoms. The Labute approximate surface area is 108 Å². The Kier molecular flexibility index (Phi) is 3.93. The number of rotatable bonds is 3. The van der Waals surface area contributed by atoms with Gasteiger partial charge in [-0.2, -0.15) is 0 Å². The SMILES string of the molecule is CN1CCC(N(C)C(=O)c2ccc(CN)cn2)C1. The molecule has 2 N–H and O–H groups in total. The van der Waals surface area contributed by atoms with Crippen LogP contribution >= 0.6 is 0 Å². The molecule has 0 radical (unpaired) electrons. The predicted octanol–water partition coefficient (Wildman–Crippen LogP) is 0.316. The molecule has 1 saturated heterocycles. The van der Waals surface area contributed by atoms with E-state index in [1.165, 1.54) is 0 Å². The Morgan fingerprint density at radius 3 is 2.89 bits per heavy atom. The van der Waals surface area contributed by atoms with E-state index in [1.807, 2.05) is 13.1 Å². The summed E-state index contributed by atoms with van der Waals surface area (Å²) in [6.45, 7) is 2.43. The van der Waals surface area contributed by atoms with Gasteiger partial charge in [0.2, 0.25) is 0 Å². The van der Waals surface area contributed by atoms with Gasteiger partial charge in [0, 0.05) is 32.4 Å². The number of likely N-dealkylation sites (tertiary alicyclic amines) is 1. The molecule has 0 aromatic carbocycles. The van der Waals surface area contributed by atoms with Gasteiger partial charge in [-0.15, -0.1) is 0 Å². The molecule has 2 heterocycles. The first-order valence-electron chi connectivity index (χ1n) is 6.22. The third-order valence-electron chi connectivity index (χ3n) is 3.51. The number of likely N-dealkylation sites (N-methyl/N-ethyl adjacent to an activating group) is 2. The minimum absolute atomic E-state index is 0.0149. The number of carbonyl (C=O) groups is 1. The molecule has 0 aliphatic carbocycles. The van der Waals surface area contributed by atoms with Crippen molar-refractivity contribution in [1.82, 2.24) is 14.8 Å². The predicted molar refractivity (Wildman–Crippen MR) is 70.1 cm³/mol. The Hall–Kier alpha value is -1.46. The Morgan fingerprint density at radius 2 is 2.39 bits per heavy atom. The highest BCUT2D eigenvalue weighted by Crippen LogP contribution is 2.14. The van der Waals surface area contributed by atoms with Crippen molar-refractivity contribution >= 4 is 5.91 Å². The molecular weight excluding hydrogens is 228 g/mol. The fourth-order valence-corrected chi connectivity index (χ4v) is 2.25. The molecule has 1 aliphatic heterocycles. The summed E-state index contributed by atoms with van der Waals surface area (Å²) in [4.78, 5) is 20.5. The summed E-state index contributed by atoms with van der Waals surface area (Å²) < 4.78 is 0. The molecule has 18 heavy (non-hydrogen) atoms. The molecule has 1 atom stereocenters.